The van der Waals surface area contributed by atoms with Crippen LogP contribution in [0.15, 0.2) is 36.4 Å². The van der Waals surface area contributed by atoms with E-state index >= 15 is 0 Å². The van der Waals surface area contributed by atoms with Gasteiger partial charge in [-0.2, -0.15) is 0 Å². The Morgan fingerprint density at radius 3 is 2.54 bits per heavy atom. The second-order valence-electron chi connectivity index (χ2n) is 4.92. The first-order chi connectivity index (χ1) is 11.6. The quantitative estimate of drug-likeness (QED) is 0.683. The molecule has 1 aliphatic heterocycles. The Balaban J connectivity index is 1.98. The molecule has 2 aromatic carbocycles. The third-order valence-electron chi connectivity index (χ3n) is 3.46. The maximum Gasteiger partial charge on any atom is 0.286 e. The minimum Gasteiger partial charge on any atom is -0.495 e. The topological polar surface area (TPSA) is 99.9 Å². The van der Waals surface area contributed by atoms with Crippen LogP contribution in [0.5, 0.6) is 17.2 Å². The van der Waals surface area contributed by atoms with Crippen LogP contribution in [0, 0.1) is 10.1 Å². The van der Waals surface area contributed by atoms with Crippen LogP contribution in [0.4, 0.5) is 11.4 Å². The summed E-state index contributed by atoms with van der Waals surface area (Å²) in [5, 5.41) is 13.9. The number of fused-ring (bicyclic) bond motifs is 1. The van der Waals surface area contributed by atoms with Gasteiger partial charge in [0.2, 0.25) is 0 Å². The van der Waals surface area contributed by atoms with Crippen molar-refractivity contribution in [2.75, 3.05) is 25.6 Å². The van der Waals surface area contributed by atoms with Crippen LogP contribution in [0.3, 0.4) is 0 Å². The minimum atomic E-state index is -0.636. The van der Waals surface area contributed by atoms with E-state index in [1.807, 2.05) is 0 Å². The molecule has 2 aromatic rings. The summed E-state index contributed by atoms with van der Waals surface area (Å²) < 4.78 is 15.9. The number of nitro groups is 1. The Hall–Kier alpha value is -3.29. The van der Waals surface area contributed by atoms with Crippen LogP contribution < -0.4 is 19.5 Å². The highest BCUT2D eigenvalue weighted by Gasteiger charge is 2.26. The number of nitrogens with one attached hydrogen (secondary N) is 1. The number of carbonyl (C=O) groups is 1. The third-order valence-corrected chi connectivity index (χ3v) is 3.46. The van der Waals surface area contributed by atoms with Gasteiger partial charge in [-0.3, -0.25) is 14.9 Å². The van der Waals surface area contributed by atoms with E-state index in [1.165, 1.54) is 19.2 Å². The molecule has 0 atom stereocenters. The number of methoxy groups -OCH3 is 1. The zero-order valence-corrected chi connectivity index (χ0v) is 12.8. The molecule has 0 saturated carbocycles. The highest BCUT2D eigenvalue weighted by molar-refractivity contribution is 6.08. The second kappa shape index (κ2) is 6.45. The van der Waals surface area contributed by atoms with Gasteiger partial charge in [0.05, 0.1) is 23.8 Å². The van der Waals surface area contributed by atoms with Crippen LogP contribution in [-0.2, 0) is 0 Å². The van der Waals surface area contributed by atoms with Gasteiger partial charge in [0, 0.05) is 6.07 Å². The number of para-hydroxylation sites is 2. The van der Waals surface area contributed by atoms with E-state index in [2.05, 4.69) is 5.32 Å². The van der Waals surface area contributed by atoms with Gasteiger partial charge in [0.1, 0.15) is 24.5 Å². The van der Waals surface area contributed by atoms with Crippen molar-refractivity contribution in [1.82, 2.24) is 0 Å². The van der Waals surface area contributed by atoms with Gasteiger partial charge >= 0.3 is 0 Å². The number of amides is 1. The van der Waals surface area contributed by atoms with E-state index < -0.39 is 10.8 Å². The molecule has 1 amide bonds. The molecule has 0 aliphatic carbocycles. The fourth-order valence-corrected chi connectivity index (χ4v) is 2.35. The molecular formula is C16H14N2O6. The summed E-state index contributed by atoms with van der Waals surface area (Å²) in [6, 6.07) is 9.30. The summed E-state index contributed by atoms with van der Waals surface area (Å²) in [5.41, 5.74) is -0.0593. The average molecular weight is 330 g/mol. The number of benzene rings is 2. The fraction of sp³-hybridized carbons (Fsp3) is 0.188. The van der Waals surface area contributed by atoms with E-state index in [-0.39, 0.29) is 17.0 Å². The van der Waals surface area contributed by atoms with Gasteiger partial charge in [0.15, 0.2) is 11.5 Å². The van der Waals surface area contributed by atoms with E-state index in [1.54, 1.807) is 24.3 Å². The zero-order valence-electron chi connectivity index (χ0n) is 12.8. The Morgan fingerprint density at radius 2 is 1.88 bits per heavy atom. The molecule has 8 heteroatoms. The highest BCUT2D eigenvalue weighted by atomic mass is 16.6. The maximum absolute atomic E-state index is 12.5. The van der Waals surface area contributed by atoms with E-state index in [0.717, 1.165) is 0 Å². The Labute approximate surface area is 137 Å². The molecule has 8 nitrogen and oxygen atoms in total. The number of ether oxygens (including phenoxy) is 3. The first-order valence-electron chi connectivity index (χ1n) is 7.12. The molecular weight excluding hydrogens is 316 g/mol. The Kier molecular flexibility index (Phi) is 4.19. The standard InChI is InChI=1S/C16H14N2O6/c1-22-13-5-3-2-4-11(13)17-16(19)10-8-14-15(24-7-6-23-14)9-12(10)18(20)21/h2-5,8-9H,6-7H2,1H3,(H,17,19). The third kappa shape index (κ3) is 2.94. The summed E-state index contributed by atoms with van der Waals surface area (Å²) >= 11 is 0. The number of rotatable bonds is 4. The summed E-state index contributed by atoms with van der Waals surface area (Å²) in [6.07, 6.45) is 0. The molecule has 3 rings (SSSR count). The van der Waals surface area contributed by atoms with Gasteiger partial charge in [-0.05, 0) is 12.1 Å². The van der Waals surface area contributed by atoms with Crippen LogP contribution in [-0.4, -0.2) is 31.2 Å². The summed E-state index contributed by atoms with van der Waals surface area (Å²) in [4.78, 5) is 23.2. The predicted octanol–water partition coefficient (Wildman–Crippen LogP) is 2.63. The smallest absolute Gasteiger partial charge is 0.286 e. The zero-order chi connectivity index (χ0) is 17.1. The lowest BCUT2D eigenvalue weighted by atomic mass is 10.1. The van der Waals surface area contributed by atoms with Gasteiger partial charge in [-0.1, -0.05) is 12.1 Å². The van der Waals surface area contributed by atoms with E-state index in [0.29, 0.717) is 30.4 Å². The molecule has 1 aliphatic rings. The maximum atomic E-state index is 12.5. The predicted molar refractivity (Wildman–Crippen MR) is 85.0 cm³/mol. The lowest BCUT2D eigenvalue weighted by Crippen LogP contribution is -2.18. The van der Waals surface area contributed by atoms with Crippen LogP contribution in [0.1, 0.15) is 10.4 Å². The molecule has 24 heavy (non-hydrogen) atoms. The van der Waals surface area contributed by atoms with Crippen molar-refractivity contribution < 1.29 is 23.9 Å². The lowest BCUT2D eigenvalue weighted by molar-refractivity contribution is -0.385. The number of carbonyl (C=O) groups excluding carboxylic acids is 1. The number of hydrogen-bond donors (Lipinski definition) is 1. The van der Waals surface area contributed by atoms with Gasteiger partial charge in [-0.15, -0.1) is 0 Å². The molecule has 0 spiro atoms. The van der Waals surface area contributed by atoms with E-state index in [4.69, 9.17) is 14.2 Å². The molecule has 1 N–H and O–H groups in total. The van der Waals surface area contributed by atoms with Gasteiger partial charge in [0.25, 0.3) is 11.6 Å². The normalized spacial score (nSPS) is 12.4. The Morgan fingerprint density at radius 1 is 1.21 bits per heavy atom. The SMILES string of the molecule is COc1ccccc1NC(=O)c1cc2c(cc1[N+](=O)[O-])OCCO2. The molecule has 1 heterocycles. The van der Waals surface area contributed by atoms with Crippen LogP contribution in [0.25, 0.3) is 0 Å². The van der Waals surface area contributed by atoms with Crippen molar-refractivity contribution in [3.63, 3.8) is 0 Å². The first-order valence-corrected chi connectivity index (χ1v) is 7.12. The van der Waals surface area contributed by atoms with Crippen molar-refractivity contribution in [3.8, 4) is 17.2 Å². The van der Waals surface area contributed by atoms with Gasteiger partial charge < -0.3 is 19.5 Å². The van der Waals surface area contributed by atoms with Crippen LogP contribution >= 0.6 is 0 Å². The molecule has 0 unspecified atom stereocenters. The highest BCUT2D eigenvalue weighted by Crippen LogP contribution is 2.37. The van der Waals surface area contributed by atoms with Crippen molar-refractivity contribution in [3.05, 3.63) is 52.1 Å². The average Bonchev–Trinajstić information content (AvgIpc) is 2.61. The van der Waals surface area contributed by atoms with Crippen molar-refractivity contribution in [2.45, 2.75) is 0 Å². The number of nitrogens with zero attached hydrogens (tertiary/aromatic N) is 1. The largest absolute Gasteiger partial charge is 0.495 e. The number of nitro benzene ring substituents is 1. The fourth-order valence-electron chi connectivity index (χ4n) is 2.35. The molecule has 0 aromatic heterocycles. The molecule has 124 valence electrons. The van der Waals surface area contributed by atoms with Crippen molar-refractivity contribution in [1.29, 1.82) is 0 Å². The Bertz CT molecular complexity index is 805. The second-order valence-corrected chi connectivity index (χ2v) is 4.92. The molecule has 0 bridgehead atoms. The van der Waals surface area contributed by atoms with Crippen LogP contribution in [0.2, 0.25) is 0 Å². The van der Waals surface area contributed by atoms with E-state index in [9.17, 15) is 14.9 Å². The summed E-state index contributed by atoms with van der Waals surface area (Å²) in [6.45, 7) is 0.620. The molecule has 0 fully saturated rings. The molecule has 0 radical (unpaired) electrons. The van der Waals surface area contributed by atoms with Gasteiger partial charge in [-0.25, -0.2) is 0 Å². The lowest BCUT2D eigenvalue weighted by Gasteiger charge is -2.19. The van der Waals surface area contributed by atoms with Crippen molar-refractivity contribution in [2.24, 2.45) is 0 Å². The molecule has 0 saturated heterocycles. The first kappa shape index (κ1) is 15.6. The number of anilines is 1. The minimum absolute atomic E-state index is 0.116. The summed E-state index contributed by atoms with van der Waals surface area (Å²) in [7, 11) is 1.47. The summed E-state index contributed by atoms with van der Waals surface area (Å²) in [5.74, 6) is 0.369. The van der Waals surface area contributed by atoms with Crippen molar-refractivity contribution >= 4 is 17.3 Å². The number of hydrogen-bond acceptors (Lipinski definition) is 6. The monoisotopic (exact) mass is 330 g/mol.